The van der Waals surface area contributed by atoms with Gasteiger partial charge in [-0.1, -0.05) is 17.7 Å². The topological polar surface area (TPSA) is 38.8 Å². The van der Waals surface area contributed by atoms with Gasteiger partial charge in [-0.2, -0.15) is 0 Å². The summed E-state index contributed by atoms with van der Waals surface area (Å²) in [5.41, 5.74) is 4.08. The molecule has 0 N–H and O–H groups in total. The van der Waals surface area contributed by atoms with Gasteiger partial charge >= 0.3 is 5.97 Å². The van der Waals surface area contributed by atoms with E-state index in [-0.39, 0.29) is 11.4 Å². The highest BCUT2D eigenvalue weighted by Crippen LogP contribution is 2.61. The molecule has 2 heterocycles. The Morgan fingerprint density at radius 2 is 2.14 bits per heavy atom. The third-order valence-electron chi connectivity index (χ3n) is 8.17. The lowest BCUT2D eigenvalue weighted by molar-refractivity contribution is -0.138. The maximum Gasteiger partial charge on any atom is 0.312 e. The zero-order valence-electron chi connectivity index (χ0n) is 16.9. The molecule has 3 aliphatic carbocycles. The molecule has 5 aliphatic rings. The molecule has 1 spiro atoms. The largest absolute Gasteiger partial charge is 0.493 e. The van der Waals surface area contributed by atoms with Crippen LogP contribution < -0.4 is 9.47 Å². The van der Waals surface area contributed by atoms with Gasteiger partial charge in [-0.05, 0) is 75.0 Å². The van der Waals surface area contributed by atoms with Crippen LogP contribution in [0, 0.1) is 17.8 Å². The number of likely N-dealkylation sites (tertiary alicyclic amines) is 1. The van der Waals surface area contributed by atoms with E-state index in [2.05, 4.69) is 24.0 Å². The average molecular weight is 380 g/mol. The second kappa shape index (κ2) is 5.85. The van der Waals surface area contributed by atoms with Crippen LogP contribution in [0.1, 0.15) is 50.2 Å². The highest BCUT2D eigenvalue weighted by molar-refractivity contribution is 5.80. The van der Waals surface area contributed by atoms with Crippen molar-refractivity contribution in [2.75, 3.05) is 20.2 Å². The van der Waals surface area contributed by atoms with Crippen molar-refractivity contribution in [3.05, 3.63) is 34.9 Å². The summed E-state index contributed by atoms with van der Waals surface area (Å²) >= 11 is 0. The second-order valence-electron chi connectivity index (χ2n) is 9.80. The molecule has 148 valence electrons. The predicted molar refractivity (Wildman–Crippen MR) is 107 cm³/mol. The molecule has 6 rings (SSSR count). The Kier molecular flexibility index (Phi) is 3.57. The maximum atomic E-state index is 12.8. The number of ether oxygens (including phenoxy) is 2. The Bertz CT molecular complexity index is 886. The van der Waals surface area contributed by atoms with Crippen molar-refractivity contribution >= 4 is 5.97 Å². The number of benzene rings is 1. The van der Waals surface area contributed by atoms with Gasteiger partial charge < -0.3 is 9.47 Å². The normalized spacial score (nSPS) is 36.1. The number of methoxy groups -OCH3 is 1. The van der Waals surface area contributed by atoms with Crippen LogP contribution in [0.2, 0.25) is 0 Å². The highest BCUT2D eigenvalue weighted by atomic mass is 16.6. The monoisotopic (exact) mass is 379 g/mol. The smallest absolute Gasteiger partial charge is 0.312 e. The first-order valence-corrected chi connectivity index (χ1v) is 10.9. The molecular formula is C24H29NO3. The van der Waals surface area contributed by atoms with Crippen molar-refractivity contribution in [2.24, 2.45) is 17.8 Å². The Morgan fingerprint density at radius 3 is 2.93 bits per heavy atom. The first-order valence-electron chi connectivity index (χ1n) is 10.9. The fourth-order valence-electron chi connectivity index (χ4n) is 6.83. The van der Waals surface area contributed by atoms with E-state index in [0.717, 1.165) is 37.5 Å². The van der Waals surface area contributed by atoms with Gasteiger partial charge in [-0.3, -0.25) is 9.69 Å². The molecule has 1 unspecified atom stereocenters. The first kappa shape index (κ1) is 17.1. The lowest BCUT2D eigenvalue weighted by Crippen LogP contribution is -2.44. The van der Waals surface area contributed by atoms with Crippen LogP contribution in [0.25, 0.3) is 0 Å². The Balaban J connectivity index is 1.57. The number of carbonyl (C=O) groups is 1. The van der Waals surface area contributed by atoms with Crippen LogP contribution in [0.5, 0.6) is 11.5 Å². The number of esters is 1. The van der Waals surface area contributed by atoms with E-state index in [4.69, 9.17) is 9.47 Å². The van der Waals surface area contributed by atoms with E-state index in [1.165, 1.54) is 36.1 Å². The van der Waals surface area contributed by atoms with E-state index >= 15 is 0 Å². The number of hydrogen-bond donors (Lipinski definition) is 0. The van der Waals surface area contributed by atoms with E-state index < -0.39 is 0 Å². The van der Waals surface area contributed by atoms with Gasteiger partial charge in [0.05, 0.1) is 13.5 Å². The Hall–Kier alpha value is -1.81. The lowest BCUT2D eigenvalue weighted by Gasteiger charge is -2.44. The van der Waals surface area contributed by atoms with E-state index in [1.54, 1.807) is 7.11 Å². The zero-order chi connectivity index (χ0) is 19.0. The van der Waals surface area contributed by atoms with Crippen LogP contribution in [0.15, 0.2) is 23.8 Å². The average Bonchev–Trinajstić information content (AvgIpc) is 3.43. The number of carbonyl (C=O) groups excluding carboxylic acids is 1. The van der Waals surface area contributed by atoms with Crippen LogP contribution in [-0.2, 0) is 16.6 Å². The standard InChI is InChI=1S/C24H29NO3/c1-14-9-17-18(10-14)24-7-8-25(13-15-3-4-15)19(17)11-16-5-6-20(27-2)23(22(16)24)28-21(26)12-24/h5-6,9,15,17-19H,3-4,7-8,10-13H2,1-2H3/t17-,18?,19-,24-/m1/s1. The molecule has 1 aromatic carbocycles. The summed E-state index contributed by atoms with van der Waals surface area (Å²) in [6.45, 7) is 4.62. The zero-order valence-corrected chi connectivity index (χ0v) is 16.9. The van der Waals surface area contributed by atoms with Gasteiger partial charge in [0.25, 0.3) is 0 Å². The summed E-state index contributed by atoms with van der Waals surface area (Å²) in [6, 6.07) is 4.79. The second-order valence-corrected chi connectivity index (χ2v) is 9.80. The van der Waals surface area contributed by atoms with Crippen LogP contribution in [-0.4, -0.2) is 37.1 Å². The summed E-state index contributed by atoms with van der Waals surface area (Å²) < 4.78 is 11.4. The van der Waals surface area contributed by atoms with Crippen molar-refractivity contribution in [2.45, 2.75) is 56.9 Å². The molecule has 1 aromatic rings. The van der Waals surface area contributed by atoms with Gasteiger partial charge in [-0.25, -0.2) is 0 Å². The third kappa shape index (κ3) is 2.30. The quantitative estimate of drug-likeness (QED) is 0.454. The maximum absolute atomic E-state index is 12.8. The minimum Gasteiger partial charge on any atom is -0.493 e. The molecule has 28 heavy (non-hydrogen) atoms. The van der Waals surface area contributed by atoms with E-state index in [9.17, 15) is 4.79 Å². The Labute approximate surface area is 166 Å². The molecule has 4 heteroatoms. The Morgan fingerprint density at radius 1 is 1.29 bits per heavy atom. The van der Waals surface area contributed by atoms with Crippen molar-refractivity contribution in [1.82, 2.24) is 4.90 Å². The molecule has 1 saturated carbocycles. The summed E-state index contributed by atoms with van der Waals surface area (Å²) in [4.78, 5) is 15.6. The molecule has 0 aromatic heterocycles. The number of nitrogens with zero attached hydrogens (tertiary/aromatic N) is 1. The number of hydrogen-bond acceptors (Lipinski definition) is 4. The highest BCUT2D eigenvalue weighted by Gasteiger charge is 2.58. The lowest BCUT2D eigenvalue weighted by atomic mass is 9.61. The van der Waals surface area contributed by atoms with Crippen LogP contribution in [0.4, 0.5) is 0 Å². The molecule has 4 atom stereocenters. The van der Waals surface area contributed by atoms with Crippen molar-refractivity contribution in [3.63, 3.8) is 0 Å². The molecule has 2 fully saturated rings. The summed E-state index contributed by atoms with van der Waals surface area (Å²) in [5.74, 6) is 3.28. The van der Waals surface area contributed by atoms with Crippen LogP contribution in [0.3, 0.4) is 0 Å². The summed E-state index contributed by atoms with van der Waals surface area (Å²) in [7, 11) is 1.68. The molecule has 1 saturated heterocycles. The van der Waals surface area contributed by atoms with Crippen molar-refractivity contribution < 1.29 is 14.3 Å². The van der Waals surface area contributed by atoms with E-state index in [1.807, 2.05) is 6.07 Å². The van der Waals surface area contributed by atoms with Gasteiger partial charge in [0.15, 0.2) is 11.5 Å². The molecular weight excluding hydrogens is 350 g/mol. The van der Waals surface area contributed by atoms with Gasteiger partial charge in [0.2, 0.25) is 0 Å². The molecule has 2 aliphatic heterocycles. The first-order chi connectivity index (χ1) is 13.6. The molecule has 2 bridgehead atoms. The van der Waals surface area contributed by atoms with Crippen molar-refractivity contribution in [1.29, 1.82) is 0 Å². The van der Waals surface area contributed by atoms with Gasteiger partial charge in [0.1, 0.15) is 0 Å². The molecule has 4 nitrogen and oxygen atoms in total. The number of rotatable bonds is 3. The SMILES string of the molecule is COc1ccc2c3c1OC(=O)C[C@@]31CCN(CC3CC3)[C@H](C2)[C@@H]2C=C(C)CC21. The minimum atomic E-state index is -0.111. The number of allylic oxidation sites excluding steroid dienone is 1. The predicted octanol–water partition coefficient (Wildman–Crippen LogP) is 3.86. The molecule has 0 radical (unpaired) electrons. The fraction of sp³-hybridized carbons (Fsp3) is 0.625. The van der Waals surface area contributed by atoms with Crippen LogP contribution >= 0.6 is 0 Å². The van der Waals surface area contributed by atoms with E-state index in [0.29, 0.717) is 30.0 Å². The van der Waals surface area contributed by atoms with Gasteiger partial charge in [-0.15, -0.1) is 0 Å². The summed E-state index contributed by atoms with van der Waals surface area (Å²) in [6.07, 6.45) is 9.08. The van der Waals surface area contributed by atoms with Gasteiger partial charge in [0, 0.05) is 23.6 Å². The van der Waals surface area contributed by atoms with Crippen molar-refractivity contribution in [3.8, 4) is 11.5 Å². The minimum absolute atomic E-state index is 0.0830. The third-order valence-corrected chi connectivity index (χ3v) is 8.17. The molecule has 0 amide bonds. The fourth-order valence-corrected chi connectivity index (χ4v) is 6.83. The summed E-state index contributed by atoms with van der Waals surface area (Å²) in [5, 5.41) is 0.